The van der Waals surface area contributed by atoms with Gasteiger partial charge in [-0.25, -0.2) is 4.79 Å². The van der Waals surface area contributed by atoms with E-state index in [2.05, 4.69) is 5.32 Å². The molecule has 2 unspecified atom stereocenters. The number of hydrogen-bond acceptors (Lipinski definition) is 2. The van der Waals surface area contributed by atoms with Gasteiger partial charge in [0.1, 0.15) is 5.54 Å². The average molecular weight is 241 g/mol. The number of nitrogens with one attached hydrogen (secondary N) is 1. The molecule has 1 fully saturated rings. The third-order valence-corrected chi connectivity index (χ3v) is 3.44. The van der Waals surface area contributed by atoms with Gasteiger partial charge in [-0.15, -0.1) is 0 Å². The summed E-state index contributed by atoms with van der Waals surface area (Å²) < 4.78 is 0. The Morgan fingerprint density at radius 2 is 1.94 bits per heavy atom. The van der Waals surface area contributed by atoms with Gasteiger partial charge in [0.05, 0.1) is 0 Å². The van der Waals surface area contributed by atoms with Crippen LogP contribution < -0.4 is 5.32 Å². The second-order valence-corrected chi connectivity index (χ2v) is 6.29. The Hall–Kier alpha value is -1.06. The van der Waals surface area contributed by atoms with Crippen molar-refractivity contribution in [1.82, 2.24) is 5.32 Å². The summed E-state index contributed by atoms with van der Waals surface area (Å²) in [6, 6.07) is 0. The summed E-state index contributed by atoms with van der Waals surface area (Å²) in [4.78, 5) is 23.4. The maximum Gasteiger partial charge on any atom is 0.329 e. The van der Waals surface area contributed by atoms with Gasteiger partial charge in [-0.1, -0.05) is 40.5 Å². The van der Waals surface area contributed by atoms with E-state index in [1.807, 2.05) is 6.92 Å². The lowest BCUT2D eigenvalue weighted by molar-refractivity contribution is -0.151. The molecule has 1 saturated carbocycles. The van der Waals surface area contributed by atoms with Gasteiger partial charge in [0.2, 0.25) is 5.91 Å². The molecule has 2 atom stereocenters. The van der Waals surface area contributed by atoms with Crippen molar-refractivity contribution < 1.29 is 14.7 Å². The van der Waals surface area contributed by atoms with E-state index in [1.54, 1.807) is 20.8 Å². The van der Waals surface area contributed by atoms with Crippen LogP contribution in [0.3, 0.4) is 0 Å². The zero-order chi connectivity index (χ0) is 13.3. The second-order valence-electron chi connectivity index (χ2n) is 6.29. The maximum absolute atomic E-state index is 12.0. The van der Waals surface area contributed by atoms with Crippen LogP contribution in [0.15, 0.2) is 0 Å². The summed E-state index contributed by atoms with van der Waals surface area (Å²) in [7, 11) is 0. The zero-order valence-electron chi connectivity index (χ0n) is 11.2. The fourth-order valence-corrected chi connectivity index (χ4v) is 2.32. The van der Waals surface area contributed by atoms with Crippen molar-refractivity contribution in [3.05, 3.63) is 0 Å². The van der Waals surface area contributed by atoms with Gasteiger partial charge < -0.3 is 10.4 Å². The van der Waals surface area contributed by atoms with Crippen molar-refractivity contribution in [3.8, 4) is 0 Å². The van der Waals surface area contributed by atoms with E-state index in [-0.39, 0.29) is 5.91 Å². The van der Waals surface area contributed by atoms with Crippen LogP contribution in [0.4, 0.5) is 0 Å². The number of rotatable bonds is 2. The van der Waals surface area contributed by atoms with E-state index in [0.29, 0.717) is 18.8 Å². The number of hydrogen-bond donors (Lipinski definition) is 2. The van der Waals surface area contributed by atoms with Crippen molar-refractivity contribution >= 4 is 11.9 Å². The third kappa shape index (κ3) is 3.20. The molecule has 4 heteroatoms. The SMILES string of the molecule is CC1CCCC(NC(=O)C(C)(C)C)(C(=O)O)C1. The Balaban J connectivity index is 2.86. The highest BCUT2D eigenvalue weighted by atomic mass is 16.4. The highest BCUT2D eigenvalue weighted by molar-refractivity contribution is 5.89. The lowest BCUT2D eigenvalue weighted by Gasteiger charge is -2.38. The lowest BCUT2D eigenvalue weighted by Crippen LogP contribution is -2.58. The van der Waals surface area contributed by atoms with Crippen molar-refractivity contribution in [2.45, 2.75) is 58.9 Å². The number of aliphatic carboxylic acids is 1. The smallest absolute Gasteiger partial charge is 0.329 e. The van der Waals surface area contributed by atoms with Crippen molar-refractivity contribution in [1.29, 1.82) is 0 Å². The van der Waals surface area contributed by atoms with Crippen molar-refractivity contribution in [2.75, 3.05) is 0 Å². The molecule has 0 aromatic rings. The summed E-state index contributed by atoms with van der Waals surface area (Å²) in [6.07, 6.45) is 2.97. The molecule has 2 N–H and O–H groups in total. The number of carbonyl (C=O) groups is 2. The van der Waals surface area contributed by atoms with E-state index in [0.717, 1.165) is 12.8 Å². The van der Waals surface area contributed by atoms with E-state index < -0.39 is 16.9 Å². The first kappa shape index (κ1) is 14.0. The first-order valence-corrected chi connectivity index (χ1v) is 6.23. The second kappa shape index (κ2) is 4.67. The minimum Gasteiger partial charge on any atom is -0.480 e. The topological polar surface area (TPSA) is 66.4 Å². The van der Waals surface area contributed by atoms with E-state index in [1.165, 1.54) is 0 Å². The largest absolute Gasteiger partial charge is 0.480 e. The summed E-state index contributed by atoms with van der Waals surface area (Å²) in [5, 5.41) is 12.2. The molecule has 98 valence electrons. The van der Waals surface area contributed by atoms with Gasteiger partial charge in [0.25, 0.3) is 0 Å². The fraction of sp³-hybridized carbons (Fsp3) is 0.846. The van der Waals surface area contributed by atoms with Crippen LogP contribution >= 0.6 is 0 Å². The Labute approximate surface area is 103 Å². The molecule has 17 heavy (non-hydrogen) atoms. The van der Waals surface area contributed by atoms with E-state index >= 15 is 0 Å². The third-order valence-electron chi connectivity index (χ3n) is 3.44. The molecule has 0 aliphatic heterocycles. The zero-order valence-corrected chi connectivity index (χ0v) is 11.2. The minimum atomic E-state index is -1.05. The molecule has 1 aliphatic carbocycles. The molecule has 1 aliphatic rings. The van der Waals surface area contributed by atoms with Crippen molar-refractivity contribution in [3.63, 3.8) is 0 Å². The molecule has 0 aromatic heterocycles. The lowest BCUT2D eigenvalue weighted by atomic mass is 9.75. The predicted octanol–water partition coefficient (Wildman–Crippen LogP) is 2.18. The fourth-order valence-electron chi connectivity index (χ4n) is 2.32. The number of carboxylic acids is 1. The van der Waals surface area contributed by atoms with Crippen LogP contribution in [0.25, 0.3) is 0 Å². The monoisotopic (exact) mass is 241 g/mol. The van der Waals surface area contributed by atoms with Crippen LogP contribution in [0, 0.1) is 11.3 Å². The van der Waals surface area contributed by atoms with Crippen LogP contribution in [0.1, 0.15) is 53.4 Å². The quantitative estimate of drug-likeness (QED) is 0.778. The Morgan fingerprint density at radius 3 is 2.35 bits per heavy atom. The molecule has 0 radical (unpaired) electrons. The Bertz CT molecular complexity index is 319. The summed E-state index contributed by atoms with van der Waals surface area (Å²) in [6.45, 7) is 7.43. The van der Waals surface area contributed by atoms with Crippen LogP contribution in [0.2, 0.25) is 0 Å². The molecule has 0 heterocycles. The number of carboxylic acid groups (broad SMARTS) is 1. The number of carbonyl (C=O) groups excluding carboxylic acids is 1. The van der Waals surface area contributed by atoms with E-state index in [9.17, 15) is 14.7 Å². The van der Waals surface area contributed by atoms with Gasteiger partial charge >= 0.3 is 5.97 Å². The highest BCUT2D eigenvalue weighted by Gasteiger charge is 2.44. The molecule has 0 aromatic carbocycles. The van der Waals surface area contributed by atoms with Gasteiger partial charge in [-0.05, 0) is 18.8 Å². The molecule has 1 rings (SSSR count). The van der Waals surface area contributed by atoms with Crippen LogP contribution in [-0.4, -0.2) is 22.5 Å². The minimum absolute atomic E-state index is 0.186. The first-order valence-electron chi connectivity index (χ1n) is 6.23. The van der Waals surface area contributed by atoms with Gasteiger partial charge in [-0.2, -0.15) is 0 Å². The first-order chi connectivity index (χ1) is 7.67. The standard InChI is InChI=1S/C13H23NO3/c1-9-6-5-7-13(8-9,11(16)17)14-10(15)12(2,3)4/h9H,5-8H2,1-4H3,(H,14,15)(H,16,17). The molecule has 4 nitrogen and oxygen atoms in total. The summed E-state index contributed by atoms with van der Waals surface area (Å²) in [5.41, 5.74) is -1.61. The molecule has 1 amide bonds. The average Bonchev–Trinajstić information content (AvgIpc) is 2.15. The molecular weight excluding hydrogens is 218 g/mol. The molecular formula is C13H23NO3. The van der Waals surface area contributed by atoms with Crippen LogP contribution in [0.5, 0.6) is 0 Å². The summed E-state index contributed by atoms with van der Waals surface area (Å²) in [5.74, 6) is -0.740. The number of amides is 1. The van der Waals surface area contributed by atoms with Crippen LogP contribution in [-0.2, 0) is 9.59 Å². The molecule has 0 bridgehead atoms. The normalized spacial score (nSPS) is 29.8. The van der Waals surface area contributed by atoms with Gasteiger partial charge in [0.15, 0.2) is 0 Å². The summed E-state index contributed by atoms with van der Waals surface area (Å²) >= 11 is 0. The van der Waals surface area contributed by atoms with Crippen molar-refractivity contribution in [2.24, 2.45) is 11.3 Å². The van der Waals surface area contributed by atoms with Gasteiger partial charge in [0, 0.05) is 5.41 Å². The Kier molecular flexibility index (Phi) is 3.84. The molecule has 0 spiro atoms. The molecule has 0 saturated heterocycles. The Morgan fingerprint density at radius 1 is 1.35 bits per heavy atom. The van der Waals surface area contributed by atoms with Gasteiger partial charge in [-0.3, -0.25) is 4.79 Å². The predicted molar refractivity (Wildman–Crippen MR) is 65.6 cm³/mol. The highest BCUT2D eigenvalue weighted by Crippen LogP contribution is 2.33. The maximum atomic E-state index is 12.0. The van der Waals surface area contributed by atoms with E-state index in [4.69, 9.17) is 0 Å².